The second kappa shape index (κ2) is 3.90. The first-order valence-electron chi connectivity index (χ1n) is 4.36. The number of nitrogens with zero attached hydrogens (tertiary/aromatic N) is 3. The fourth-order valence-corrected chi connectivity index (χ4v) is 1.63. The van der Waals surface area contributed by atoms with Crippen molar-refractivity contribution >= 4 is 22.8 Å². The highest BCUT2D eigenvalue weighted by Gasteiger charge is 2.07. The molecule has 0 saturated heterocycles. The van der Waals surface area contributed by atoms with E-state index in [1.165, 1.54) is 16.4 Å². The van der Waals surface area contributed by atoms with Gasteiger partial charge in [0, 0.05) is 6.20 Å². The van der Waals surface area contributed by atoms with E-state index in [2.05, 4.69) is 21.6 Å². The molecule has 6 heteroatoms. The van der Waals surface area contributed by atoms with Crippen LogP contribution in [0.2, 0.25) is 0 Å². The number of aromatic nitrogens is 4. The lowest BCUT2D eigenvalue weighted by molar-refractivity contribution is 0.684. The highest BCUT2D eigenvalue weighted by Crippen LogP contribution is 2.10. The van der Waals surface area contributed by atoms with Crippen molar-refractivity contribution in [1.29, 1.82) is 0 Å². The second-order valence-electron chi connectivity index (χ2n) is 2.94. The van der Waals surface area contributed by atoms with Crippen molar-refractivity contribution in [2.45, 2.75) is 11.7 Å². The van der Waals surface area contributed by atoms with Gasteiger partial charge in [0.15, 0.2) is 10.8 Å². The van der Waals surface area contributed by atoms with Crippen LogP contribution in [0.3, 0.4) is 0 Å². The minimum Gasteiger partial charge on any atom is -0.278 e. The van der Waals surface area contributed by atoms with Crippen LogP contribution in [-0.4, -0.2) is 26.0 Å². The molecule has 0 aliphatic rings. The van der Waals surface area contributed by atoms with Gasteiger partial charge >= 0.3 is 0 Å². The Morgan fingerprint density at radius 3 is 3.20 bits per heavy atom. The molecule has 5 nitrogen and oxygen atoms in total. The molecular formula is C9H10N4OS. The Morgan fingerprint density at radius 2 is 2.53 bits per heavy atom. The van der Waals surface area contributed by atoms with E-state index >= 15 is 0 Å². The molecule has 15 heavy (non-hydrogen) atoms. The Kier molecular flexibility index (Phi) is 2.59. The standard InChI is InChI=1S/C9H10N4OS/c1-3-4-13-8(14)6-5-10-9(15-2)11-7(6)12-13/h3,5H,1,4H2,2H3,(H,10,11,12). The van der Waals surface area contributed by atoms with Crippen molar-refractivity contribution in [1.82, 2.24) is 19.7 Å². The minimum atomic E-state index is -0.113. The highest BCUT2D eigenvalue weighted by atomic mass is 32.2. The first kappa shape index (κ1) is 9.97. The van der Waals surface area contributed by atoms with Crippen molar-refractivity contribution in [3.8, 4) is 0 Å². The summed E-state index contributed by atoms with van der Waals surface area (Å²) < 4.78 is 1.45. The summed E-state index contributed by atoms with van der Waals surface area (Å²) in [6.45, 7) is 4.03. The zero-order valence-corrected chi connectivity index (χ0v) is 9.04. The van der Waals surface area contributed by atoms with Gasteiger partial charge in [-0.2, -0.15) is 0 Å². The molecule has 0 aliphatic carbocycles. The van der Waals surface area contributed by atoms with Crippen LogP contribution < -0.4 is 5.56 Å². The van der Waals surface area contributed by atoms with E-state index in [0.29, 0.717) is 22.7 Å². The minimum absolute atomic E-state index is 0.113. The van der Waals surface area contributed by atoms with E-state index in [-0.39, 0.29) is 5.56 Å². The van der Waals surface area contributed by atoms with Crippen molar-refractivity contribution in [2.75, 3.05) is 6.26 Å². The summed E-state index contributed by atoms with van der Waals surface area (Å²) in [5.41, 5.74) is 0.457. The van der Waals surface area contributed by atoms with Gasteiger partial charge in [0.1, 0.15) is 5.39 Å². The monoisotopic (exact) mass is 222 g/mol. The molecule has 2 aromatic heterocycles. The van der Waals surface area contributed by atoms with E-state index in [9.17, 15) is 4.79 Å². The lowest BCUT2D eigenvalue weighted by atomic mass is 10.4. The molecule has 2 rings (SSSR count). The van der Waals surface area contributed by atoms with Gasteiger partial charge in [-0.05, 0) is 6.26 Å². The smallest absolute Gasteiger partial charge is 0.277 e. The maximum atomic E-state index is 11.7. The second-order valence-corrected chi connectivity index (χ2v) is 3.71. The van der Waals surface area contributed by atoms with Crippen LogP contribution in [0.5, 0.6) is 0 Å². The summed E-state index contributed by atoms with van der Waals surface area (Å²) >= 11 is 1.44. The van der Waals surface area contributed by atoms with Crippen LogP contribution in [0.25, 0.3) is 11.0 Å². The molecule has 0 amide bonds. The van der Waals surface area contributed by atoms with Crippen LogP contribution >= 0.6 is 11.8 Å². The number of nitrogens with one attached hydrogen (secondary N) is 1. The normalized spacial score (nSPS) is 10.7. The molecule has 0 spiro atoms. The Bertz CT molecular complexity index is 557. The van der Waals surface area contributed by atoms with Gasteiger partial charge < -0.3 is 0 Å². The predicted molar refractivity (Wildman–Crippen MR) is 60.1 cm³/mol. The van der Waals surface area contributed by atoms with Crippen LogP contribution in [0, 0.1) is 0 Å². The largest absolute Gasteiger partial charge is 0.278 e. The molecule has 0 atom stereocenters. The molecule has 0 aromatic carbocycles. The zero-order valence-electron chi connectivity index (χ0n) is 8.23. The van der Waals surface area contributed by atoms with Gasteiger partial charge in [0.2, 0.25) is 0 Å². The van der Waals surface area contributed by atoms with Crippen molar-refractivity contribution in [3.05, 3.63) is 29.2 Å². The Hall–Kier alpha value is -1.56. The number of aromatic amines is 1. The highest BCUT2D eigenvalue weighted by molar-refractivity contribution is 7.98. The summed E-state index contributed by atoms with van der Waals surface area (Å²) in [5.74, 6) is 0. The number of hydrogen-bond donors (Lipinski definition) is 1. The van der Waals surface area contributed by atoms with Crippen molar-refractivity contribution < 1.29 is 0 Å². The van der Waals surface area contributed by atoms with Crippen LogP contribution in [0.4, 0.5) is 0 Å². The maximum Gasteiger partial charge on any atom is 0.277 e. The van der Waals surface area contributed by atoms with Gasteiger partial charge in [-0.25, -0.2) is 14.6 Å². The van der Waals surface area contributed by atoms with Crippen LogP contribution in [0.1, 0.15) is 0 Å². The lowest BCUT2D eigenvalue weighted by Crippen LogP contribution is -2.15. The molecule has 2 heterocycles. The Labute approximate surface area is 90.2 Å². The van der Waals surface area contributed by atoms with Crippen molar-refractivity contribution in [2.24, 2.45) is 0 Å². The summed E-state index contributed by atoms with van der Waals surface area (Å²) in [6, 6.07) is 0. The topological polar surface area (TPSA) is 63.6 Å². The number of rotatable bonds is 3. The molecule has 0 saturated carbocycles. The Morgan fingerprint density at radius 1 is 1.73 bits per heavy atom. The van der Waals surface area contributed by atoms with E-state index in [4.69, 9.17) is 0 Å². The number of hydrogen-bond acceptors (Lipinski definition) is 4. The Balaban J connectivity index is 2.65. The fraction of sp³-hybridized carbons (Fsp3) is 0.222. The molecule has 0 aliphatic heterocycles. The lowest BCUT2D eigenvalue weighted by Gasteiger charge is -1.92. The number of fused-ring (bicyclic) bond motifs is 1. The van der Waals surface area contributed by atoms with Crippen molar-refractivity contribution in [3.63, 3.8) is 0 Å². The third kappa shape index (κ3) is 1.68. The van der Waals surface area contributed by atoms with Crippen LogP contribution in [0.15, 0.2) is 28.8 Å². The number of allylic oxidation sites excluding steroid dienone is 1. The summed E-state index contributed by atoms with van der Waals surface area (Å²) in [5, 5.41) is 4.06. The molecule has 2 aromatic rings. The van der Waals surface area contributed by atoms with Crippen LogP contribution in [-0.2, 0) is 6.54 Å². The summed E-state index contributed by atoms with van der Waals surface area (Å²) in [6.07, 6.45) is 5.09. The van der Waals surface area contributed by atoms with E-state index < -0.39 is 0 Å². The van der Waals surface area contributed by atoms with E-state index in [0.717, 1.165) is 0 Å². The first-order chi connectivity index (χ1) is 7.26. The van der Waals surface area contributed by atoms with Gasteiger partial charge in [0.25, 0.3) is 5.56 Å². The summed E-state index contributed by atoms with van der Waals surface area (Å²) in [7, 11) is 0. The van der Waals surface area contributed by atoms with Gasteiger partial charge in [-0.1, -0.05) is 17.8 Å². The SMILES string of the molecule is C=CCn1[nH]c2nc(SC)ncc2c1=O. The molecule has 78 valence electrons. The molecule has 0 fully saturated rings. The number of thioether (sulfide) groups is 1. The molecular weight excluding hydrogens is 212 g/mol. The average molecular weight is 222 g/mol. The predicted octanol–water partition coefficient (Wildman–Crippen LogP) is 1.03. The molecule has 0 radical (unpaired) electrons. The zero-order chi connectivity index (χ0) is 10.8. The van der Waals surface area contributed by atoms with Gasteiger partial charge in [-0.15, -0.1) is 6.58 Å². The fourth-order valence-electron chi connectivity index (χ4n) is 1.29. The quantitative estimate of drug-likeness (QED) is 0.478. The van der Waals surface area contributed by atoms with Gasteiger partial charge in [-0.3, -0.25) is 9.89 Å². The third-order valence-electron chi connectivity index (χ3n) is 1.98. The number of H-pyrrole nitrogens is 1. The molecule has 0 bridgehead atoms. The van der Waals surface area contributed by atoms with E-state index in [1.54, 1.807) is 12.3 Å². The summed E-state index contributed by atoms with van der Waals surface area (Å²) in [4.78, 5) is 20.0. The molecule has 0 unspecified atom stereocenters. The van der Waals surface area contributed by atoms with Gasteiger partial charge in [0.05, 0.1) is 6.54 Å². The maximum absolute atomic E-state index is 11.7. The average Bonchev–Trinajstić information content (AvgIpc) is 2.56. The van der Waals surface area contributed by atoms with E-state index in [1.807, 2.05) is 6.26 Å². The first-order valence-corrected chi connectivity index (χ1v) is 5.59. The molecule has 1 N–H and O–H groups in total. The third-order valence-corrected chi connectivity index (χ3v) is 2.54.